The number of benzene rings is 4. The molecule has 0 aliphatic heterocycles. The summed E-state index contributed by atoms with van der Waals surface area (Å²) in [6, 6.07) is 12.7. The first-order valence-corrected chi connectivity index (χ1v) is 13.6. The number of phenols is 1. The minimum absolute atomic E-state index is 0.0495. The van der Waals surface area contributed by atoms with E-state index in [0.717, 1.165) is 12.1 Å². The van der Waals surface area contributed by atoms with Gasteiger partial charge >= 0.3 is 0 Å². The van der Waals surface area contributed by atoms with Gasteiger partial charge in [-0.25, -0.2) is 5.26 Å². The summed E-state index contributed by atoms with van der Waals surface area (Å²) in [6.45, 7) is 0. The highest BCUT2D eigenvalue weighted by atomic mass is 32.2. The number of rotatable bonds is 8. The third-order valence-corrected chi connectivity index (χ3v) is 7.62. The minimum Gasteiger partial charge on any atom is -0.505 e. The van der Waals surface area contributed by atoms with Crippen LogP contribution in [-0.2, 0) is 29.6 Å². The number of nitrogens with zero attached hydrogens (tertiary/aromatic N) is 2. The summed E-state index contributed by atoms with van der Waals surface area (Å²) in [7, 11) is -7.92. The Morgan fingerprint density at radius 3 is 2.30 bits per heavy atom. The number of azo groups is 1. The van der Waals surface area contributed by atoms with E-state index in [4.69, 9.17) is 5.26 Å². The van der Waals surface area contributed by atoms with Crippen LogP contribution in [0.2, 0.25) is 0 Å². The molecule has 0 unspecified atom stereocenters. The second-order valence-corrected chi connectivity index (χ2v) is 10.9. The molecule has 0 fully saturated rings. The highest BCUT2D eigenvalue weighted by Gasteiger charge is 2.23. The van der Waals surface area contributed by atoms with Crippen molar-refractivity contribution < 1.29 is 45.7 Å². The number of hydrogen-bond donors (Lipinski definition) is 5. The summed E-state index contributed by atoms with van der Waals surface area (Å²) in [4.78, 5) is -1.03. The molecule has 0 saturated carbocycles. The predicted molar refractivity (Wildman–Crippen MR) is 134 cm³/mol. The molecular weight excluding hydrogens is 550 g/mol. The van der Waals surface area contributed by atoms with Gasteiger partial charge in [-0.05, 0) is 35.0 Å². The van der Waals surface area contributed by atoms with Crippen LogP contribution in [0.15, 0.2) is 79.5 Å². The fourth-order valence-corrected chi connectivity index (χ4v) is 5.58. The fraction of sp³-hybridized carbons (Fsp3) is 0.0476. The molecule has 4 aromatic rings. The number of phenolic OH excluding ortho intramolecular Hbond substituents is 1. The van der Waals surface area contributed by atoms with Crippen LogP contribution in [-0.4, -0.2) is 43.4 Å². The maximum atomic E-state index is 12.2. The summed E-state index contributed by atoms with van der Waals surface area (Å²) >= 11 is 0.364. The fourth-order valence-electron chi connectivity index (χ4n) is 3.70. The van der Waals surface area contributed by atoms with Gasteiger partial charge in [0, 0.05) is 23.5 Å². The Balaban J connectivity index is 1.98. The molecule has 0 atom stereocenters. The van der Waals surface area contributed by atoms with Crippen LogP contribution in [0.25, 0.3) is 21.5 Å². The molecule has 0 saturated heterocycles. The molecule has 4 aromatic carbocycles. The van der Waals surface area contributed by atoms with E-state index in [2.05, 4.69) is 24.9 Å². The average Bonchev–Trinajstić information content (AvgIpc) is 2.84. The van der Waals surface area contributed by atoms with E-state index in [1.54, 1.807) is 24.3 Å². The molecule has 0 heterocycles. The Kier molecular flexibility index (Phi) is 7.36. The number of fused-ring (bicyclic) bond motifs is 2. The molecule has 0 spiro atoms. The van der Waals surface area contributed by atoms with Gasteiger partial charge in [0.05, 0.1) is 21.8 Å². The van der Waals surface area contributed by atoms with Crippen LogP contribution in [0.5, 0.6) is 5.75 Å². The van der Waals surface area contributed by atoms with Crippen LogP contribution in [0.3, 0.4) is 0 Å². The normalized spacial score (nSPS) is 12.5. The summed E-state index contributed by atoms with van der Waals surface area (Å²) in [6.07, 6.45) is 0. The molecule has 194 valence electrons. The van der Waals surface area contributed by atoms with Gasteiger partial charge in [-0.3, -0.25) is 9.11 Å². The lowest BCUT2D eigenvalue weighted by molar-refractivity contribution is -0.432. The van der Waals surface area contributed by atoms with Crippen molar-refractivity contribution in [2.75, 3.05) is 12.4 Å². The highest BCUT2D eigenvalue weighted by molar-refractivity contribution is 7.94. The highest BCUT2D eigenvalue weighted by Crippen LogP contribution is 2.47. The minimum atomic E-state index is -4.75. The van der Waals surface area contributed by atoms with Crippen molar-refractivity contribution >= 4 is 70.9 Å². The molecule has 13 nitrogen and oxygen atoms in total. The Hall–Kier alpha value is -3.35. The van der Waals surface area contributed by atoms with E-state index in [-0.39, 0.29) is 38.1 Å². The molecule has 16 heteroatoms. The summed E-state index contributed by atoms with van der Waals surface area (Å²) in [5.74, 6) is -0.536. The van der Waals surface area contributed by atoms with Crippen molar-refractivity contribution in [2.24, 2.45) is 10.2 Å². The van der Waals surface area contributed by atoms with Crippen LogP contribution < -0.4 is 5.32 Å². The van der Waals surface area contributed by atoms with Gasteiger partial charge in [0.25, 0.3) is 20.2 Å². The number of hydrogen-bond acceptors (Lipinski definition) is 12. The Morgan fingerprint density at radius 1 is 0.919 bits per heavy atom. The largest absolute Gasteiger partial charge is 0.505 e. The standard InChI is InChI=1S/C21H17N3O10S3/c1-22-16-10-13(36(27,28)29)8-12-9-17(35-34-33-26)19(20(25)18(12)16)24-23-15-7-6-11-4-2-3-5-14(11)21(15)37(30,31)32/h2-10,22,25-26H,1H3,(H,27,28,29)(H,30,31,32). The molecule has 0 aliphatic carbocycles. The zero-order chi connectivity index (χ0) is 27.0. The van der Waals surface area contributed by atoms with Crippen molar-refractivity contribution in [3.05, 3.63) is 54.6 Å². The lowest BCUT2D eigenvalue weighted by Gasteiger charge is -2.14. The third-order valence-electron chi connectivity index (χ3n) is 5.22. The molecule has 0 radical (unpaired) electrons. The van der Waals surface area contributed by atoms with Gasteiger partial charge in [-0.1, -0.05) is 35.4 Å². The predicted octanol–water partition coefficient (Wildman–Crippen LogP) is 5.08. The van der Waals surface area contributed by atoms with E-state index in [9.17, 15) is 31.0 Å². The van der Waals surface area contributed by atoms with Crippen molar-refractivity contribution in [1.29, 1.82) is 0 Å². The number of anilines is 1. The second kappa shape index (κ2) is 10.2. The monoisotopic (exact) mass is 567 g/mol. The van der Waals surface area contributed by atoms with Gasteiger partial charge in [0.15, 0.2) is 5.75 Å². The molecule has 0 aliphatic rings. The van der Waals surface area contributed by atoms with Crippen molar-refractivity contribution in [3.8, 4) is 5.75 Å². The maximum absolute atomic E-state index is 12.2. The van der Waals surface area contributed by atoms with E-state index < -0.39 is 35.8 Å². The van der Waals surface area contributed by atoms with E-state index in [1.807, 2.05) is 0 Å². The zero-order valence-electron chi connectivity index (χ0n) is 18.6. The van der Waals surface area contributed by atoms with Crippen LogP contribution in [0.1, 0.15) is 0 Å². The molecular formula is C21H17N3O10S3. The van der Waals surface area contributed by atoms with Crippen LogP contribution in [0.4, 0.5) is 17.1 Å². The lowest BCUT2D eigenvalue weighted by atomic mass is 10.1. The Labute approximate surface area is 213 Å². The van der Waals surface area contributed by atoms with Crippen LogP contribution in [0, 0.1) is 0 Å². The van der Waals surface area contributed by atoms with Crippen LogP contribution >= 0.6 is 12.0 Å². The molecule has 5 N–H and O–H groups in total. The Bertz CT molecular complexity index is 1770. The average molecular weight is 568 g/mol. The first-order chi connectivity index (χ1) is 17.5. The lowest BCUT2D eigenvalue weighted by Crippen LogP contribution is -2.01. The van der Waals surface area contributed by atoms with E-state index >= 15 is 0 Å². The van der Waals surface area contributed by atoms with E-state index in [1.165, 1.54) is 25.2 Å². The number of nitrogens with one attached hydrogen (secondary N) is 1. The molecule has 4 rings (SSSR count). The molecule has 0 amide bonds. The quantitative estimate of drug-likeness (QED) is 0.0622. The molecule has 37 heavy (non-hydrogen) atoms. The SMILES string of the molecule is CNc1cc(S(=O)(=O)O)cc2cc(SOOO)c(N=Nc3ccc4ccccc4c3S(=O)(=O)O)c(O)c12. The Morgan fingerprint density at radius 2 is 1.65 bits per heavy atom. The summed E-state index contributed by atoms with van der Waals surface area (Å²) in [5, 5.41) is 34.8. The van der Waals surface area contributed by atoms with Gasteiger partial charge < -0.3 is 10.4 Å². The topological polar surface area (TPSA) is 204 Å². The molecule has 0 bridgehead atoms. The second-order valence-electron chi connectivity index (χ2n) is 7.40. The third kappa shape index (κ3) is 5.36. The van der Waals surface area contributed by atoms with Crippen molar-refractivity contribution in [2.45, 2.75) is 14.7 Å². The molecule has 0 aromatic heterocycles. The van der Waals surface area contributed by atoms with Gasteiger partial charge in [0.2, 0.25) is 0 Å². The van der Waals surface area contributed by atoms with Gasteiger partial charge in [0.1, 0.15) is 16.3 Å². The van der Waals surface area contributed by atoms with Crippen molar-refractivity contribution in [1.82, 2.24) is 0 Å². The van der Waals surface area contributed by atoms with E-state index in [0.29, 0.717) is 17.4 Å². The zero-order valence-corrected chi connectivity index (χ0v) is 21.0. The van der Waals surface area contributed by atoms with Gasteiger partial charge in [-0.2, -0.15) is 16.8 Å². The number of aromatic hydroxyl groups is 1. The maximum Gasteiger partial charge on any atom is 0.297 e. The summed E-state index contributed by atoms with van der Waals surface area (Å²) < 4.78 is 71.6. The van der Waals surface area contributed by atoms with Gasteiger partial charge in [-0.15, -0.1) is 14.6 Å². The first-order valence-electron chi connectivity index (χ1n) is 10.0. The first kappa shape index (κ1) is 26.7. The summed E-state index contributed by atoms with van der Waals surface area (Å²) in [5.41, 5.74) is -0.425. The smallest absolute Gasteiger partial charge is 0.297 e. The van der Waals surface area contributed by atoms with Crippen molar-refractivity contribution in [3.63, 3.8) is 0 Å².